The molecule has 116 valence electrons. The molecule has 0 bridgehead atoms. The van der Waals surface area contributed by atoms with Crippen molar-refractivity contribution in [2.75, 3.05) is 6.61 Å². The number of para-hydroxylation sites is 1. The number of nitrogens with zero attached hydrogens (tertiary/aromatic N) is 2. The summed E-state index contributed by atoms with van der Waals surface area (Å²) in [4.78, 5) is 26.9. The maximum Gasteiger partial charge on any atom is 0.356 e. The van der Waals surface area contributed by atoms with Gasteiger partial charge in [-0.2, -0.15) is 0 Å². The van der Waals surface area contributed by atoms with Crippen LogP contribution in [0, 0.1) is 10.1 Å². The summed E-state index contributed by atoms with van der Waals surface area (Å²) in [6, 6.07) is 9.76. The number of ether oxygens (including phenoxy) is 1. The van der Waals surface area contributed by atoms with Gasteiger partial charge >= 0.3 is 11.7 Å². The summed E-state index contributed by atoms with van der Waals surface area (Å²) in [5.41, 5.74) is 0.858. The molecule has 2 heterocycles. The van der Waals surface area contributed by atoms with E-state index in [0.717, 1.165) is 0 Å². The summed E-state index contributed by atoms with van der Waals surface area (Å²) in [6.07, 6.45) is 1.24. The molecule has 0 aliphatic rings. The average Bonchev–Trinajstić information content (AvgIpc) is 3.03. The molecule has 7 nitrogen and oxygen atoms in total. The van der Waals surface area contributed by atoms with Gasteiger partial charge < -0.3 is 9.15 Å². The number of fused-ring (bicyclic) bond motifs is 1. The van der Waals surface area contributed by atoms with Crippen molar-refractivity contribution < 1.29 is 18.9 Å². The quantitative estimate of drug-likeness (QED) is 0.415. The third-order valence-electron chi connectivity index (χ3n) is 3.29. The normalized spacial score (nSPS) is 10.7. The first kappa shape index (κ1) is 14.7. The Morgan fingerprint density at radius 2 is 2.13 bits per heavy atom. The standard InChI is InChI=1S/C16H12N2O5/c1-2-22-16(19)13-9-11(10-5-3-4-6-12(10)17-13)15-14(18(20)21)7-8-23-15/h3-9H,2H2,1H3. The van der Waals surface area contributed by atoms with Gasteiger partial charge in [0.2, 0.25) is 5.76 Å². The third kappa shape index (κ3) is 2.64. The SMILES string of the molecule is CCOC(=O)c1cc(-c2occc2[N+](=O)[O-])c2ccccc2n1. The lowest BCUT2D eigenvalue weighted by atomic mass is 10.0. The van der Waals surface area contributed by atoms with Crippen LogP contribution in [0.15, 0.2) is 47.1 Å². The summed E-state index contributed by atoms with van der Waals surface area (Å²) < 4.78 is 10.3. The van der Waals surface area contributed by atoms with Crippen molar-refractivity contribution in [1.82, 2.24) is 4.98 Å². The Labute approximate surface area is 130 Å². The first-order valence-electron chi connectivity index (χ1n) is 6.91. The second-order valence-corrected chi connectivity index (χ2v) is 4.68. The van der Waals surface area contributed by atoms with E-state index >= 15 is 0 Å². The van der Waals surface area contributed by atoms with E-state index in [1.807, 2.05) is 0 Å². The number of rotatable bonds is 4. The molecule has 0 N–H and O–H groups in total. The number of furan rings is 1. The predicted octanol–water partition coefficient (Wildman–Crippen LogP) is 3.58. The molecule has 2 aromatic heterocycles. The van der Waals surface area contributed by atoms with E-state index in [1.54, 1.807) is 31.2 Å². The smallest absolute Gasteiger partial charge is 0.356 e. The molecule has 0 atom stereocenters. The molecule has 0 saturated carbocycles. The van der Waals surface area contributed by atoms with Gasteiger partial charge in [-0.3, -0.25) is 10.1 Å². The number of hydrogen-bond acceptors (Lipinski definition) is 6. The molecule has 0 saturated heterocycles. The zero-order valence-electron chi connectivity index (χ0n) is 12.2. The van der Waals surface area contributed by atoms with Crippen LogP contribution < -0.4 is 0 Å². The first-order valence-corrected chi connectivity index (χ1v) is 6.91. The van der Waals surface area contributed by atoms with Crippen molar-refractivity contribution in [2.24, 2.45) is 0 Å². The van der Waals surface area contributed by atoms with Crippen LogP contribution in [-0.2, 0) is 4.74 Å². The van der Waals surface area contributed by atoms with Crippen molar-refractivity contribution in [3.63, 3.8) is 0 Å². The Kier molecular flexibility index (Phi) is 3.76. The fourth-order valence-electron chi connectivity index (χ4n) is 2.32. The highest BCUT2D eigenvalue weighted by molar-refractivity contribution is 5.99. The molecule has 7 heteroatoms. The van der Waals surface area contributed by atoms with E-state index in [-0.39, 0.29) is 23.7 Å². The highest BCUT2D eigenvalue weighted by Gasteiger charge is 2.23. The van der Waals surface area contributed by atoms with Gasteiger partial charge in [-0.15, -0.1) is 0 Å². The maximum absolute atomic E-state index is 12.0. The lowest BCUT2D eigenvalue weighted by molar-refractivity contribution is -0.384. The number of pyridine rings is 1. The van der Waals surface area contributed by atoms with Gasteiger partial charge in [0.15, 0.2) is 0 Å². The summed E-state index contributed by atoms with van der Waals surface area (Å²) in [5, 5.41) is 11.8. The summed E-state index contributed by atoms with van der Waals surface area (Å²) in [5.74, 6) is -0.507. The van der Waals surface area contributed by atoms with Crippen molar-refractivity contribution in [3.8, 4) is 11.3 Å². The Morgan fingerprint density at radius 1 is 1.35 bits per heavy atom. The Morgan fingerprint density at radius 3 is 2.87 bits per heavy atom. The van der Waals surface area contributed by atoms with Crippen molar-refractivity contribution in [2.45, 2.75) is 6.92 Å². The lowest BCUT2D eigenvalue weighted by Gasteiger charge is -2.07. The van der Waals surface area contributed by atoms with Crippen LogP contribution in [0.3, 0.4) is 0 Å². The number of esters is 1. The summed E-state index contributed by atoms with van der Waals surface area (Å²) >= 11 is 0. The molecule has 0 radical (unpaired) electrons. The molecule has 1 aromatic carbocycles. The number of carbonyl (C=O) groups is 1. The van der Waals surface area contributed by atoms with E-state index in [0.29, 0.717) is 16.5 Å². The number of nitro groups is 1. The number of hydrogen-bond donors (Lipinski definition) is 0. The van der Waals surface area contributed by atoms with E-state index in [4.69, 9.17) is 9.15 Å². The molecule has 0 aliphatic heterocycles. The zero-order chi connectivity index (χ0) is 16.4. The topological polar surface area (TPSA) is 95.5 Å². The average molecular weight is 312 g/mol. The number of benzene rings is 1. The van der Waals surface area contributed by atoms with Crippen molar-refractivity contribution in [1.29, 1.82) is 0 Å². The van der Waals surface area contributed by atoms with Crippen LogP contribution >= 0.6 is 0 Å². The Balaban J connectivity index is 2.27. The van der Waals surface area contributed by atoms with Gasteiger partial charge in [-0.25, -0.2) is 9.78 Å². The highest BCUT2D eigenvalue weighted by atomic mass is 16.6. The van der Waals surface area contributed by atoms with Crippen molar-refractivity contribution in [3.05, 3.63) is 58.5 Å². The monoisotopic (exact) mass is 312 g/mol. The summed E-state index contributed by atoms with van der Waals surface area (Å²) in [7, 11) is 0. The summed E-state index contributed by atoms with van der Waals surface area (Å²) in [6.45, 7) is 1.90. The molecular formula is C16H12N2O5. The molecule has 0 unspecified atom stereocenters. The second kappa shape index (κ2) is 5.88. The molecule has 3 rings (SSSR count). The van der Waals surface area contributed by atoms with Gasteiger partial charge in [0.25, 0.3) is 0 Å². The fraction of sp³-hybridized carbons (Fsp3) is 0.125. The van der Waals surface area contributed by atoms with E-state index < -0.39 is 10.9 Å². The minimum Gasteiger partial charge on any atom is -0.461 e. The van der Waals surface area contributed by atoms with Gasteiger partial charge in [-0.05, 0) is 19.1 Å². The van der Waals surface area contributed by atoms with E-state index in [1.165, 1.54) is 18.4 Å². The first-order chi connectivity index (χ1) is 11.1. The molecule has 0 fully saturated rings. The van der Waals surface area contributed by atoms with Gasteiger partial charge in [0.1, 0.15) is 5.69 Å². The molecule has 0 amide bonds. The molecule has 3 aromatic rings. The predicted molar refractivity (Wildman–Crippen MR) is 82.1 cm³/mol. The Bertz CT molecular complexity index is 900. The van der Waals surface area contributed by atoms with Crippen LogP contribution in [0.5, 0.6) is 0 Å². The van der Waals surface area contributed by atoms with E-state index in [2.05, 4.69) is 4.98 Å². The second-order valence-electron chi connectivity index (χ2n) is 4.68. The molecule has 23 heavy (non-hydrogen) atoms. The van der Waals surface area contributed by atoms with Gasteiger partial charge in [-0.1, -0.05) is 18.2 Å². The fourth-order valence-corrected chi connectivity index (χ4v) is 2.32. The molecular weight excluding hydrogens is 300 g/mol. The Hall–Kier alpha value is -3.22. The minimum atomic E-state index is -0.589. The van der Waals surface area contributed by atoms with E-state index in [9.17, 15) is 14.9 Å². The van der Waals surface area contributed by atoms with Crippen LogP contribution in [0.4, 0.5) is 5.69 Å². The van der Waals surface area contributed by atoms with Crippen LogP contribution in [0.25, 0.3) is 22.2 Å². The maximum atomic E-state index is 12.0. The largest absolute Gasteiger partial charge is 0.461 e. The van der Waals surface area contributed by atoms with Crippen LogP contribution in [-0.4, -0.2) is 22.5 Å². The minimum absolute atomic E-state index is 0.0752. The molecule has 0 aliphatic carbocycles. The third-order valence-corrected chi connectivity index (χ3v) is 3.29. The highest BCUT2D eigenvalue weighted by Crippen LogP contribution is 2.35. The zero-order valence-corrected chi connectivity index (χ0v) is 12.2. The van der Waals surface area contributed by atoms with Gasteiger partial charge in [0.05, 0.1) is 29.4 Å². The van der Waals surface area contributed by atoms with Gasteiger partial charge in [0, 0.05) is 10.9 Å². The van der Waals surface area contributed by atoms with Crippen LogP contribution in [0.2, 0.25) is 0 Å². The molecule has 0 spiro atoms. The number of carbonyl (C=O) groups excluding carboxylic acids is 1. The number of aromatic nitrogens is 1. The van der Waals surface area contributed by atoms with Crippen LogP contribution in [0.1, 0.15) is 17.4 Å². The van der Waals surface area contributed by atoms with Crippen molar-refractivity contribution >= 4 is 22.6 Å². The lowest BCUT2D eigenvalue weighted by Crippen LogP contribution is -2.07.